The van der Waals surface area contributed by atoms with E-state index in [1.807, 2.05) is 66.1 Å². The number of ether oxygens (including phenoxy) is 1. The van der Waals surface area contributed by atoms with Gasteiger partial charge in [0, 0.05) is 11.6 Å². The van der Waals surface area contributed by atoms with E-state index >= 15 is 0 Å². The van der Waals surface area contributed by atoms with E-state index in [1.165, 1.54) is 0 Å². The van der Waals surface area contributed by atoms with E-state index in [-0.39, 0.29) is 0 Å². The number of H-pyrrole nitrogens is 1. The summed E-state index contributed by atoms with van der Waals surface area (Å²) in [6.45, 7) is 2.59. The lowest BCUT2D eigenvalue weighted by Crippen LogP contribution is -1.99. The average Bonchev–Trinajstić information content (AvgIpc) is 2.90. The average molecular weight is 297 g/mol. The molecule has 0 radical (unpaired) electrons. The molecule has 0 unspecified atom stereocenters. The van der Waals surface area contributed by atoms with Crippen LogP contribution in [0.1, 0.15) is 6.92 Å². The molecular formula is C16H15N3OS. The molecular weight excluding hydrogens is 282 g/mol. The summed E-state index contributed by atoms with van der Waals surface area (Å²) in [7, 11) is 0. The third-order valence-corrected chi connectivity index (χ3v) is 3.37. The molecule has 21 heavy (non-hydrogen) atoms. The van der Waals surface area contributed by atoms with Crippen molar-refractivity contribution in [2.75, 3.05) is 6.61 Å². The van der Waals surface area contributed by atoms with Gasteiger partial charge in [-0.1, -0.05) is 36.4 Å². The highest BCUT2D eigenvalue weighted by molar-refractivity contribution is 7.71. The van der Waals surface area contributed by atoms with Gasteiger partial charge in [-0.2, -0.15) is 5.10 Å². The molecule has 0 aliphatic carbocycles. The van der Waals surface area contributed by atoms with Crippen LogP contribution < -0.4 is 4.74 Å². The Bertz CT molecular complexity index is 793. The number of benzene rings is 2. The number of aromatic nitrogens is 3. The van der Waals surface area contributed by atoms with E-state index < -0.39 is 0 Å². The van der Waals surface area contributed by atoms with Gasteiger partial charge >= 0.3 is 0 Å². The van der Waals surface area contributed by atoms with Crippen LogP contribution in [0.4, 0.5) is 0 Å². The summed E-state index contributed by atoms with van der Waals surface area (Å²) < 4.78 is 8.02. The summed E-state index contributed by atoms with van der Waals surface area (Å²) in [4.78, 5) is 0. The highest BCUT2D eigenvalue weighted by atomic mass is 32.1. The van der Waals surface area contributed by atoms with E-state index in [1.54, 1.807) is 0 Å². The van der Waals surface area contributed by atoms with Crippen LogP contribution in [-0.4, -0.2) is 21.4 Å². The Morgan fingerprint density at radius 3 is 2.71 bits per heavy atom. The maximum Gasteiger partial charge on any atom is 0.200 e. The first-order valence-corrected chi connectivity index (χ1v) is 7.16. The summed E-state index contributed by atoms with van der Waals surface area (Å²) in [6, 6.07) is 17.8. The minimum absolute atomic E-state index is 0.558. The largest absolute Gasteiger partial charge is 0.494 e. The van der Waals surface area contributed by atoms with E-state index in [2.05, 4.69) is 10.2 Å². The van der Waals surface area contributed by atoms with Crippen LogP contribution in [0.5, 0.6) is 5.75 Å². The standard InChI is InChI=1S/C16H15N3OS/c1-2-20-14-10-6-9-13(11-14)19-15(17-18-16(19)21)12-7-4-3-5-8-12/h3-11H,2H2,1H3,(H,18,21). The van der Waals surface area contributed by atoms with Crippen LogP contribution in [0.2, 0.25) is 0 Å². The molecule has 0 bridgehead atoms. The van der Waals surface area contributed by atoms with Gasteiger partial charge in [0.25, 0.3) is 0 Å². The van der Waals surface area contributed by atoms with Gasteiger partial charge in [0.15, 0.2) is 10.6 Å². The summed E-state index contributed by atoms with van der Waals surface area (Å²) >= 11 is 5.37. The van der Waals surface area contributed by atoms with Crippen molar-refractivity contribution in [2.24, 2.45) is 0 Å². The fourth-order valence-electron chi connectivity index (χ4n) is 2.20. The van der Waals surface area contributed by atoms with Gasteiger partial charge < -0.3 is 4.74 Å². The normalized spacial score (nSPS) is 10.5. The van der Waals surface area contributed by atoms with Crippen molar-refractivity contribution in [1.82, 2.24) is 14.8 Å². The molecule has 1 N–H and O–H groups in total. The molecule has 3 aromatic rings. The summed E-state index contributed by atoms with van der Waals surface area (Å²) in [5.74, 6) is 1.60. The molecule has 0 amide bonds. The minimum atomic E-state index is 0.558. The van der Waals surface area contributed by atoms with Gasteiger partial charge in [-0.25, -0.2) is 0 Å². The van der Waals surface area contributed by atoms with Gasteiger partial charge in [0.1, 0.15) is 5.75 Å². The zero-order valence-corrected chi connectivity index (χ0v) is 12.4. The fourth-order valence-corrected chi connectivity index (χ4v) is 2.43. The van der Waals surface area contributed by atoms with Crippen molar-refractivity contribution in [3.8, 4) is 22.8 Å². The SMILES string of the molecule is CCOc1cccc(-n2c(-c3ccccc3)n[nH]c2=S)c1. The number of aromatic amines is 1. The highest BCUT2D eigenvalue weighted by Crippen LogP contribution is 2.23. The zero-order valence-electron chi connectivity index (χ0n) is 11.6. The molecule has 0 aliphatic heterocycles. The molecule has 0 atom stereocenters. The van der Waals surface area contributed by atoms with Gasteiger partial charge in [-0.15, -0.1) is 0 Å². The number of rotatable bonds is 4. The summed E-state index contributed by atoms with van der Waals surface area (Å²) in [6.07, 6.45) is 0. The first kappa shape index (κ1) is 13.6. The Morgan fingerprint density at radius 1 is 1.14 bits per heavy atom. The monoisotopic (exact) mass is 297 g/mol. The Kier molecular flexibility index (Phi) is 3.83. The Balaban J connectivity index is 2.13. The third kappa shape index (κ3) is 2.73. The molecule has 5 heteroatoms. The van der Waals surface area contributed by atoms with Crippen molar-refractivity contribution >= 4 is 12.2 Å². The maximum absolute atomic E-state index is 5.55. The molecule has 0 aliphatic rings. The highest BCUT2D eigenvalue weighted by Gasteiger charge is 2.10. The zero-order chi connectivity index (χ0) is 14.7. The van der Waals surface area contributed by atoms with Crippen LogP contribution in [-0.2, 0) is 0 Å². The predicted molar refractivity (Wildman–Crippen MR) is 85.4 cm³/mol. The molecule has 3 rings (SSSR count). The fraction of sp³-hybridized carbons (Fsp3) is 0.125. The van der Waals surface area contributed by atoms with Gasteiger partial charge in [-0.05, 0) is 31.3 Å². The number of hydrogen-bond acceptors (Lipinski definition) is 3. The molecule has 0 saturated carbocycles. The topological polar surface area (TPSA) is 42.8 Å². The lowest BCUT2D eigenvalue weighted by molar-refractivity contribution is 0.340. The lowest BCUT2D eigenvalue weighted by Gasteiger charge is -2.09. The van der Waals surface area contributed by atoms with Gasteiger partial charge in [0.2, 0.25) is 0 Å². The second kappa shape index (κ2) is 5.93. The Morgan fingerprint density at radius 2 is 1.95 bits per heavy atom. The van der Waals surface area contributed by atoms with Crippen LogP contribution >= 0.6 is 12.2 Å². The van der Waals surface area contributed by atoms with Crippen molar-refractivity contribution in [3.63, 3.8) is 0 Å². The number of hydrogen-bond donors (Lipinski definition) is 1. The molecule has 1 aromatic heterocycles. The molecule has 4 nitrogen and oxygen atoms in total. The maximum atomic E-state index is 5.55. The van der Waals surface area contributed by atoms with Crippen molar-refractivity contribution in [2.45, 2.75) is 6.92 Å². The predicted octanol–water partition coefficient (Wildman–Crippen LogP) is 4.00. The molecule has 1 heterocycles. The van der Waals surface area contributed by atoms with E-state index in [4.69, 9.17) is 17.0 Å². The number of nitrogens with zero attached hydrogens (tertiary/aromatic N) is 2. The van der Waals surface area contributed by atoms with Crippen molar-refractivity contribution in [1.29, 1.82) is 0 Å². The van der Waals surface area contributed by atoms with Crippen LogP contribution in [0.3, 0.4) is 0 Å². The second-order valence-corrected chi connectivity index (χ2v) is 4.87. The number of nitrogens with one attached hydrogen (secondary N) is 1. The second-order valence-electron chi connectivity index (χ2n) is 4.48. The Labute approximate surface area is 128 Å². The first-order valence-electron chi connectivity index (χ1n) is 6.75. The molecule has 106 valence electrons. The Hall–Kier alpha value is -2.40. The van der Waals surface area contributed by atoms with Gasteiger partial charge in [-0.3, -0.25) is 9.67 Å². The van der Waals surface area contributed by atoms with Crippen LogP contribution in [0.15, 0.2) is 54.6 Å². The smallest absolute Gasteiger partial charge is 0.200 e. The van der Waals surface area contributed by atoms with E-state index in [0.717, 1.165) is 22.8 Å². The quantitative estimate of drug-likeness (QED) is 0.740. The summed E-state index contributed by atoms with van der Waals surface area (Å²) in [5.41, 5.74) is 1.94. The minimum Gasteiger partial charge on any atom is -0.494 e. The summed E-state index contributed by atoms with van der Waals surface area (Å²) in [5, 5.41) is 7.20. The lowest BCUT2D eigenvalue weighted by atomic mass is 10.2. The molecule has 0 spiro atoms. The van der Waals surface area contributed by atoms with Crippen LogP contribution in [0.25, 0.3) is 17.1 Å². The third-order valence-electron chi connectivity index (χ3n) is 3.09. The van der Waals surface area contributed by atoms with E-state index in [0.29, 0.717) is 11.4 Å². The van der Waals surface area contributed by atoms with Crippen molar-refractivity contribution < 1.29 is 4.74 Å². The van der Waals surface area contributed by atoms with Gasteiger partial charge in [0.05, 0.1) is 12.3 Å². The van der Waals surface area contributed by atoms with E-state index in [9.17, 15) is 0 Å². The molecule has 0 saturated heterocycles. The first-order chi connectivity index (χ1) is 10.3. The van der Waals surface area contributed by atoms with Crippen LogP contribution in [0, 0.1) is 4.77 Å². The van der Waals surface area contributed by atoms with Crippen molar-refractivity contribution in [3.05, 3.63) is 59.4 Å². The molecule has 2 aromatic carbocycles. The molecule has 0 fully saturated rings.